The number of anilines is 1. The number of carbonyl (C=O) groups excluding carboxylic acids is 1. The standard InChI is InChI=1S/C14H16N2O3S2/c1-8(7-10-4-3-9(2)21-10)15-14(19)16-12-11(13(17)18)5-6-20-12/h3-6,8H,7H2,1-2H3,(H,17,18)(H2,15,16,19). The molecule has 2 aromatic heterocycles. The zero-order valence-electron chi connectivity index (χ0n) is 11.7. The van der Waals surface area contributed by atoms with Crippen molar-refractivity contribution in [1.29, 1.82) is 0 Å². The van der Waals surface area contributed by atoms with Gasteiger partial charge in [0.25, 0.3) is 0 Å². The third-order valence-corrected chi connectivity index (χ3v) is 4.66. The number of amides is 2. The minimum absolute atomic E-state index is 0.0312. The van der Waals surface area contributed by atoms with Crippen molar-refractivity contribution in [1.82, 2.24) is 5.32 Å². The van der Waals surface area contributed by atoms with Crippen LogP contribution in [0.5, 0.6) is 0 Å². The van der Waals surface area contributed by atoms with Crippen LogP contribution in [0.15, 0.2) is 23.6 Å². The second kappa shape index (κ2) is 6.73. The largest absolute Gasteiger partial charge is 0.478 e. The maximum absolute atomic E-state index is 11.9. The lowest BCUT2D eigenvalue weighted by molar-refractivity contribution is 0.0698. The van der Waals surface area contributed by atoms with Crippen molar-refractivity contribution in [3.8, 4) is 0 Å². The first-order chi connectivity index (χ1) is 9.95. The van der Waals surface area contributed by atoms with E-state index >= 15 is 0 Å². The molecule has 0 saturated heterocycles. The van der Waals surface area contributed by atoms with Gasteiger partial charge in [0.15, 0.2) is 0 Å². The first-order valence-corrected chi connectivity index (χ1v) is 8.09. The Morgan fingerprint density at radius 1 is 1.33 bits per heavy atom. The van der Waals surface area contributed by atoms with Gasteiger partial charge in [0.05, 0.1) is 5.56 Å². The molecule has 2 rings (SSSR count). The maximum Gasteiger partial charge on any atom is 0.338 e. The van der Waals surface area contributed by atoms with Crippen LogP contribution in [0.2, 0.25) is 0 Å². The number of carboxylic acid groups (broad SMARTS) is 1. The smallest absolute Gasteiger partial charge is 0.338 e. The minimum Gasteiger partial charge on any atom is -0.478 e. The Kier molecular flexibility index (Phi) is 4.98. The van der Waals surface area contributed by atoms with E-state index < -0.39 is 5.97 Å². The average molecular weight is 324 g/mol. The highest BCUT2D eigenvalue weighted by molar-refractivity contribution is 7.14. The number of nitrogens with one attached hydrogen (secondary N) is 2. The lowest BCUT2D eigenvalue weighted by atomic mass is 10.2. The topological polar surface area (TPSA) is 78.4 Å². The van der Waals surface area contributed by atoms with Gasteiger partial charge in [-0.3, -0.25) is 5.32 Å². The number of aromatic carboxylic acids is 1. The van der Waals surface area contributed by atoms with Crippen LogP contribution in [-0.4, -0.2) is 23.1 Å². The van der Waals surface area contributed by atoms with Crippen LogP contribution < -0.4 is 10.6 Å². The monoisotopic (exact) mass is 324 g/mol. The Morgan fingerprint density at radius 3 is 2.71 bits per heavy atom. The number of aryl methyl sites for hydroxylation is 1. The normalized spacial score (nSPS) is 11.9. The molecule has 0 spiro atoms. The van der Waals surface area contributed by atoms with Crippen LogP contribution in [-0.2, 0) is 6.42 Å². The Hall–Kier alpha value is -1.86. The SMILES string of the molecule is Cc1ccc(CC(C)NC(=O)Nc2sccc2C(=O)O)s1. The fourth-order valence-corrected chi connectivity index (χ4v) is 3.68. The molecule has 112 valence electrons. The van der Waals surface area contributed by atoms with Crippen molar-refractivity contribution in [2.24, 2.45) is 0 Å². The molecule has 0 radical (unpaired) electrons. The molecule has 0 aliphatic heterocycles. The van der Waals surface area contributed by atoms with Gasteiger partial charge in [0.1, 0.15) is 5.00 Å². The van der Waals surface area contributed by atoms with Crippen LogP contribution in [0.25, 0.3) is 0 Å². The molecule has 3 N–H and O–H groups in total. The summed E-state index contributed by atoms with van der Waals surface area (Å²) < 4.78 is 0. The third kappa shape index (κ3) is 4.30. The summed E-state index contributed by atoms with van der Waals surface area (Å²) in [4.78, 5) is 25.3. The van der Waals surface area contributed by atoms with E-state index in [1.165, 1.54) is 27.2 Å². The van der Waals surface area contributed by atoms with Crippen LogP contribution in [0, 0.1) is 6.92 Å². The quantitative estimate of drug-likeness (QED) is 0.787. The predicted molar refractivity (Wildman–Crippen MR) is 85.7 cm³/mol. The van der Waals surface area contributed by atoms with E-state index in [4.69, 9.17) is 5.11 Å². The van der Waals surface area contributed by atoms with E-state index in [2.05, 4.69) is 22.8 Å². The molecule has 5 nitrogen and oxygen atoms in total. The van der Waals surface area contributed by atoms with E-state index in [0.717, 1.165) is 6.42 Å². The summed E-state index contributed by atoms with van der Waals surface area (Å²) in [6, 6.07) is 5.16. The molecular weight excluding hydrogens is 308 g/mol. The molecule has 0 aliphatic rings. The molecule has 0 saturated carbocycles. The van der Waals surface area contributed by atoms with E-state index in [1.807, 2.05) is 13.8 Å². The summed E-state index contributed by atoms with van der Waals surface area (Å²) in [6.07, 6.45) is 0.752. The highest BCUT2D eigenvalue weighted by atomic mass is 32.1. The van der Waals surface area contributed by atoms with Crippen LogP contribution in [0.1, 0.15) is 27.0 Å². The second-order valence-electron chi connectivity index (χ2n) is 4.68. The maximum atomic E-state index is 11.9. The third-order valence-electron chi connectivity index (χ3n) is 2.80. The summed E-state index contributed by atoms with van der Waals surface area (Å²) >= 11 is 2.90. The molecule has 0 aromatic carbocycles. The molecule has 0 bridgehead atoms. The molecule has 7 heteroatoms. The predicted octanol–water partition coefficient (Wildman–Crippen LogP) is 3.57. The van der Waals surface area contributed by atoms with E-state index in [1.54, 1.807) is 16.7 Å². The van der Waals surface area contributed by atoms with E-state index in [9.17, 15) is 9.59 Å². The van der Waals surface area contributed by atoms with Crippen molar-refractivity contribution in [3.05, 3.63) is 38.9 Å². The number of carboxylic acids is 1. The molecule has 2 aromatic rings. The molecule has 21 heavy (non-hydrogen) atoms. The van der Waals surface area contributed by atoms with Gasteiger partial charge >= 0.3 is 12.0 Å². The van der Waals surface area contributed by atoms with E-state index in [-0.39, 0.29) is 17.6 Å². The number of carbonyl (C=O) groups is 2. The summed E-state index contributed by atoms with van der Waals surface area (Å²) in [5.74, 6) is -1.05. The Balaban J connectivity index is 1.89. The molecule has 0 fully saturated rings. The lowest BCUT2D eigenvalue weighted by Crippen LogP contribution is -2.37. The van der Waals surface area contributed by atoms with Crippen molar-refractivity contribution < 1.29 is 14.7 Å². The second-order valence-corrected chi connectivity index (χ2v) is 6.97. The van der Waals surface area contributed by atoms with Crippen molar-refractivity contribution >= 4 is 39.7 Å². The van der Waals surface area contributed by atoms with Crippen LogP contribution >= 0.6 is 22.7 Å². The van der Waals surface area contributed by atoms with Crippen molar-refractivity contribution in [2.75, 3.05) is 5.32 Å². The number of urea groups is 1. The van der Waals surface area contributed by atoms with Gasteiger partial charge in [0, 0.05) is 22.2 Å². The first-order valence-electron chi connectivity index (χ1n) is 6.39. The lowest BCUT2D eigenvalue weighted by Gasteiger charge is -2.13. The van der Waals surface area contributed by atoms with Gasteiger partial charge in [-0.2, -0.15) is 0 Å². The summed E-state index contributed by atoms with van der Waals surface area (Å²) in [5.41, 5.74) is 0.108. The van der Waals surface area contributed by atoms with Gasteiger partial charge in [-0.15, -0.1) is 22.7 Å². The van der Waals surface area contributed by atoms with Crippen LogP contribution in [0.3, 0.4) is 0 Å². The number of hydrogen-bond donors (Lipinski definition) is 3. The molecule has 2 heterocycles. The van der Waals surface area contributed by atoms with Crippen LogP contribution in [0.4, 0.5) is 9.80 Å². The fourth-order valence-electron chi connectivity index (χ4n) is 1.89. The molecular formula is C14H16N2O3S2. The highest BCUT2D eigenvalue weighted by Crippen LogP contribution is 2.23. The fraction of sp³-hybridized carbons (Fsp3) is 0.286. The molecule has 1 unspecified atom stereocenters. The van der Waals surface area contributed by atoms with Crippen molar-refractivity contribution in [3.63, 3.8) is 0 Å². The van der Waals surface area contributed by atoms with Gasteiger partial charge in [-0.05, 0) is 37.4 Å². The molecule has 0 aliphatic carbocycles. The number of thiophene rings is 2. The highest BCUT2D eigenvalue weighted by Gasteiger charge is 2.15. The molecule has 1 atom stereocenters. The first kappa shape index (κ1) is 15.5. The van der Waals surface area contributed by atoms with Crippen molar-refractivity contribution in [2.45, 2.75) is 26.3 Å². The van der Waals surface area contributed by atoms with Gasteiger partial charge < -0.3 is 10.4 Å². The van der Waals surface area contributed by atoms with Gasteiger partial charge in [-0.1, -0.05) is 0 Å². The number of hydrogen-bond acceptors (Lipinski definition) is 4. The van der Waals surface area contributed by atoms with E-state index in [0.29, 0.717) is 5.00 Å². The summed E-state index contributed by atoms with van der Waals surface area (Å²) in [6.45, 7) is 3.96. The molecule has 2 amide bonds. The number of rotatable bonds is 5. The average Bonchev–Trinajstić information content (AvgIpc) is 2.98. The Labute approximate surface area is 130 Å². The Bertz CT molecular complexity index is 648. The zero-order valence-corrected chi connectivity index (χ0v) is 13.3. The zero-order chi connectivity index (χ0) is 15.4. The van der Waals surface area contributed by atoms with Gasteiger partial charge in [0.2, 0.25) is 0 Å². The summed E-state index contributed by atoms with van der Waals surface area (Å²) in [5, 5.41) is 16.4. The minimum atomic E-state index is -1.05. The summed E-state index contributed by atoms with van der Waals surface area (Å²) in [7, 11) is 0. The Morgan fingerprint density at radius 2 is 2.10 bits per heavy atom. The van der Waals surface area contributed by atoms with Gasteiger partial charge in [-0.25, -0.2) is 9.59 Å².